The van der Waals surface area contributed by atoms with E-state index in [1.807, 2.05) is 55.5 Å². The third-order valence-corrected chi connectivity index (χ3v) is 5.60. The van der Waals surface area contributed by atoms with Gasteiger partial charge in [-0.25, -0.2) is 0 Å². The molecule has 2 amide bonds. The summed E-state index contributed by atoms with van der Waals surface area (Å²) in [6.45, 7) is 3.56. The summed E-state index contributed by atoms with van der Waals surface area (Å²) in [6.07, 6.45) is 4.60. The molecule has 2 bridgehead atoms. The number of amides is 2. The van der Waals surface area contributed by atoms with Crippen molar-refractivity contribution in [2.45, 2.75) is 19.8 Å². The Labute approximate surface area is 188 Å². The van der Waals surface area contributed by atoms with Gasteiger partial charge in [0.05, 0.1) is 6.54 Å². The summed E-state index contributed by atoms with van der Waals surface area (Å²) in [4.78, 5) is 30.8. The van der Waals surface area contributed by atoms with Crippen LogP contribution in [0.15, 0.2) is 67.0 Å². The molecule has 1 aliphatic heterocycles. The first kappa shape index (κ1) is 21.6. The monoisotopic (exact) mass is 429 g/mol. The van der Waals surface area contributed by atoms with Gasteiger partial charge in [-0.1, -0.05) is 25.1 Å². The summed E-state index contributed by atoms with van der Waals surface area (Å²) in [5, 5.41) is 2.92. The molecule has 1 aromatic heterocycles. The van der Waals surface area contributed by atoms with Crippen molar-refractivity contribution in [1.29, 1.82) is 0 Å². The molecular formula is C26H27N3O3. The zero-order valence-corrected chi connectivity index (χ0v) is 18.2. The molecule has 0 fully saturated rings. The Balaban J connectivity index is 1.70. The molecule has 4 rings (SSSR count). The maximum atomic E-state index is 12.6. The first-order valence-electron chi connectivity index (χ1n) is 10.9. The molecule has 0 saturated heterocycles. The summed E-state index contributed by atoms with van der Waals surface area (Å²) >= 11 is 0. The van der Waals surface area contributed by atoms with Gasteiger partial charge in [0.15, 0.2) is 0 Å². The van der Waals surface area contributed by atoms with Crippen molar-refractivity contribution in [1.82, 2.24) is 15.2 Å². The highest BCUT2D eigenvalue weighted by Gasteiger charge is 2.15. The number of hydrogen-bond donors (Lipinski definition) is 1. The predicted molar refractivity (Wildman–Crippen MR) is 124 cm³/mol. The van der Waals surface area contributed by atoms with E-state index in [-0.39, 0.29) is 11.8 Å². The number of benzene rings is 2. The molecule has 32 heavy (non-hydrogen) atoms. The molecule has 3 aromatic rings. The standard InChI is InChI=1S/C26H27N3O3/c1-2-25(30)29-13-12-28-26(31)22-5-3-4-19(16-22)17-23-18-21(20-8-10-27-11-9-20)6-7-24(23)32-15-14-29/h3-11,16,18H,2,12-15,17H2,1H3,(H,28,31). The van der Waals surface area contributed by atoms with Crippen molar-refractivity contribution in [3.05, 3.63) is 83.7 Å². The summed E-state index contributed by atoms with van der Waals surface area (Å²) in [5.41, 5.74) is 4.83. The molecule has 6 nitrogen and oxygen atoms in total. The van der Waals surface area contributed by atoms with E-state index in [9.17, 15) is 9.59 Å². The van der Waals surface area contributed by atoms with Crippen molar-refractivity contribution in [3.8, 4) is 16.9 Å². The number of carbonyl (C=O) groups is 2. The lowest BCUT2D eigenvalue weighted by Crippen LogP contribution is -2.40. The van der Waals surface area contributed by atoms with E-state index >= 15 is 0 Å². The van der Waals surface area contributed by atoms with Gasteiger partial charge in [-0.3, -0.25) is 14.6 Å². The number of carbonyl (C=O) groups excluding carboxylic acids is 2. The molecule has 0 unspecified atom stereocenters. The van der Waals surface area contributed by atoms with Crippen molar-refractivity contribution < 1.29 is 14.3 Å². The number of ether oxygens (including phenoxy) is 1. The molecule has 164 valence electrons. The van der Waals surface area contributed by atoms with Crippen molar-refractivity contribution in [2.75, 3.05) is 26.2 Å². The van der Waals surface area contributed by atoms with Crippen LogP contribution in [0.4, 0.5) is 0 Å². The molecule has 0 radical (unpaired) electrons. The number of aromatic nitrogens is 1. The third-order valence-electron chi connectivity index (χ3n) is 5.60. The van der Waals surface area contributed by atoms with Crippen LogP contribution in [-0.2, 0) is 11.2 Å². The fraction of sp³-hybridized carbons (Fsp3) is 0.269. The SMILES string of the molecule is CCC(=O)N1CCNC(=O)c2cccc(c2)Cc2cc(-c3ccncc3)ccc2OCC1. The third kappa shape index (κ3) is 5.14. The summed E-state index contributed by atoms with van der Waals surface area (Å²) in [7, 11) is 0. The number of nitrogens with zero attached hydrogens (tertiary/aromatic N) is 2. The van der Waals surface area contributed by atoms with Gasteiger partial charge in [0, 0.05) is 43.9 Å². The van der Waals surface area contributed by atoms with Crippen LogP contribution in [0.25, 0.3) is 11.1 Å². The Morgan fingerprint density at radius 3 is 2.69 bits per heavy atom. The number of hydrogen-bond acceptors (Lipinski definition) is 4. The van der Waals surface area contributed by atoms with Crippen LogP contribution < -0.4 is 10.1 Å². The van der Waals surface area contributed by atoms with Gasteiger partial charge < -0.3 is 15.0 Å². The van der Waals surface area contributed by atoms with Gasteiger partial charge in [0.2, 0.25) is 5.91 Å². The topological polar surface area (TPSA) is 71.5 Å². The van der Waals surface area contributed by atoms with E-state index in [1.54, 1.807) is 17.3 Å². The Bertz CT molecular complexity index is 1100. The Morgan fingerprint density at radius 1 is 1.03 bits per heavy atom. The van der Waals surface area contributed by atoms with Gasteiger partial charge >= 0.3 is 0 Å². The van der Waals surface area contributed by atoms with Crippen LogP contribution in [-0.4, -0.2) is 47.9 Å². The van der Waals surface area contributed by atoms with Crippen molar-refractivity contribution in [2.24, 2.45) is 0 Å². The van der Waals surface area contributed by atoms with Crippen LogP contribution in [0.3, 0.4) is 0 Å². The lowest BCUT2D eigenvalue weighted by Gasteiger charge is -2.23. The number of pyridine rings is 1. The van der Waals surface area contributed by atoms with E-state index in [4.69, 9.17) is 4.74 Å². The first-order valence-corrected chi connectivity index (χ1v) is 10.9. The molecule has 6 heteroatoms. The molecule has 2 heterocycles. The predicted octanol–water partition coefficient (Wildman–Crippen LogP) is 3.70. The largest absolute Gasteiger partial charge is 0.491 e. The number of nitrogens with one attached hydrogen (secondary N) is 1. The molecular weight excluding hydrogens is 402 g/mol. The van der Waals surface area contributed by atoms with Crippen LogP contribution in [0.5, 0.6) is 5.75 Å². The average molecular weight is 430 g/mol. The lowest BCUT2D eigenvalue weighted by atomic mass is 9.97. The van der Waals surface area contributed by atoms with Crippen molar-refractivity contribution in [3.63, 3.8) is 0 Å². The maximum absolute atomic E-state index is 12.6. The van der Waals surface area contributed by atoms with E-state index in [2.05, 4.69) is 16.4 Å². The molecule has 0 saturated carbocycles. The molecule has 1 aliphatic rings. The summed E-state index contributed by atoms with van der Waals surface area (Å²) in [5.74, 6) is 0.707. The number of rotatable bonds is 2. The highest BCUT2D eigenvalue weighted by Crippen LogP contribution is 2.29. The fourth-order valence-corrected chi connectivity index (χ4v) is 3.88. The second-order valence-corrected chi connectivity index (χ2v) is 7.77. The highest BCUT2D eigenvalue weighted by molar-refractivity contribution is 5.94. The Hall–Kier alpha value is -3.67. The zero-order chi connectivity index (χ0) is 22.3. The van der Waals surface area contributed by atoms with Gasteiger partial charge in [-0.05, 0) is 58.7 Å². The quantitative estimate of drug-likeness (QED) is 0.674. The Morgan fingerprint density at radius 2 is 1.88 bits per heavy atom. The maximum Gasteiger partial charge on any atom is 0.251 e. The van der Waals surface area contributed by atoms with E-state index in [0.717, 1.165) is 28.0 Å². The van der Waals surface area contributed by atoms with Crippen LogP contribution in [0.2, 0.25) is 0 Å². The second-order valence-electron chi connectivity index (χ2n) is 7.77. The Kier molecular flexibility index (Phi) is 6.80. The van der Waals surface area contributed by atoms with Crippen LogP contribution >= 0.6 is 0 Å². The summed E-state index contributed by atoms with van der Waals surface area (Å²) < 4.78 is 6.15. The minimum absolute atomic E-state index is 0.0465. The minimum Gasteiger partial charge on any atom is -0.491 e. The van der Waals surface area contributed by atoms with Crippen LogP contribution in [0, 0.1) is 0 Å². The molecule has 0 spiro atoms. The highest BCUT2D eigenvalue weighted by atomic mass is 16.5. The molecule has 0 aliphatic carbocycles. The van der Waals surface area contributed by atoms with E-state index in [0.29, 0.717) is 44.6 Å². The van der Waals surface area contributed by atoms with E-state index in [1.165, 1.54) is 0 Å². The second kappa shape index (κ2) is 10.1. The first-order chi connectivity index (χ1) is 15.6. The molecule has 1 N–H and O–H groups in total. The van der Waals surface area contributed by atoms with E-state index < -0.39 is 0 Å². The zero-order valence-electron chi connectivity index (χ0n) is 18.2. The van der Waals surface area contributed by atoms with Crippen molar-refractivity contribution >= 4 is 11.8 Å². The smallest absolute Gasteiger partial charge is 0.251 e. The van der Waals surface area contributed by atoms with Gasteiger partial charge in [0.25, 0.3) is 5.91 Å². The van der Waals surface area contributed by atoms with Crippen LogP contribution in [0.1, 0.15) is 34.8 Å². The molecule has 0 atom stereocenters. The minimum atomic E-state index is -0.130. The lowest BCUT2D eigenvalue weighted by molar-refractivity contribution is -0.131. The average Bonchev–Trinajstić information content (AvgIpc) is 2.83. The van der Waals surface area contributed by atoms with Gasteiger partial charge in [-0.2, -0.15) is 0 Å². The van der Waals surface area contributed by atoms with Gasteiger partial charge in [0.1, 0.15) is 12.4 Å². The molecule has 2 aromatic carbocycles. The fourth-order valence-electron chi connectivity index (χ4n) is 3.88. The summed E-state index contributed by atoms with van der Waals surface area (Å²) in [6, 6.07) is 17.7. The normalized spacial score (nSPS) is 14.5. The number of fused-ring (bicyclic) bond motifs is 3. The van der Waals surface area contributed by atoms with Gasteiger partial charge in [-0.15, -0.1) is 0 Å².